The number of H-pyrrole nitrogens is 1. The molecule has 8 nitrogen and oxygen atoms in total. The van der Waals surface area contributed by atoms with Crippen molar-refractivity contribution >= 4 is 39.2 Å². The molecule has 3 fully saturated rings. The van der Waals surface area contributed by atoms with E-state index >= 15 is 8.78 Å². The number of alkyl halides is 2. The second-order valence-electron chi connectivity index (χ2n) is 13.4. The van der Waals surface area contributed by atoms with E-state index < -0.39 is 23.0 Å². The van der Waals surface area contributed by atoms with Crippen molar-refractivity contribution in [1.29, 1.82) is 0 Å². The highest BCUT2D eigenvalue weighted by Gasteiger charge is 2.71. The predicted molar refractivity (Wildman–Crippen MR) is 162 cm³/mol. The Morgan fingerprint density at radius 2 is 1.91 bits per heavy atom. The van der Waals surface area contributed by atoms with Gasteiger partial charge in [0, 0.05) is 64.7 Å². The molecule has 0 unspecified atom stereocenters. The summed E-state index contributed by atoms with van der Waals surface area (Å²) >= 11 is 6.50. The number of aromatic amines is 1. The highest BCUT2D eigenvalue weighted by molar-refractivity contribution is 6.33. The molecule has 3 aliphatic rings. The lowest BCUT2D eigenvalue weighted by molar-refractivity contribution is 0.0288. The van der Waals surface area contributed by atoms with E-state index in [4.69, 9.17) is 16.3 Å². The largest absolute Gasteiger partial charge is 0.463 e. The van der Waals surface area contributed by atoms with Crippen LogP contribution in [0.4, 0.5) is 23.4 Å². The molecule has 2 aromatic carbocycles. The van der Waals surface area contributed by atoms with E-state index in [0.29, 0.717) is 46.1 Å². The van der Waals surface area contributed by atoms with Crippen LogP contribution >= 0.6 is 11.6 Å². The van der Waals surface area contributed by atoms with E-state index in [1.807, 2.05) is 4.90 Å². The first-order valence-electron chi connectivity index (χ1n) is 14.7. The van der Waals surface area contributed by atoms with Crippen LogP contribution in [0.25, 0.3) is 32.9 Å². The van der Waals surface area contributed by atoms with Crippen LogP contribution in [0.15, 0.2) is 12.1 Å². The van der Waals surface area contributed by atoms with E-state index in [0.717, 1.165) is 12.8 Å². The first-order valence-corrected chi connectivity index (χ1v) is 15.1. The molecular formula is C31H34ClF4N7O. The molecule has 7 rings (SSSR count). The minimum atomic E-state index is -2.90. The minimum absolute atomic E-state index is 0.107. The van der Waals surface area contributed by atoms with Crippen molar-refractivity contribution in [2.24, 2.45) is 5.41 Å². The number of hydrogen-bond donors (Lipinski definition) is 2. The molecule has 2 N–H and O–H groups in total. The number of fused-ring (bicyclic) bond motifs is 4. The number of nitrogens with one attached hydrogen (secondary N) is 2. The topological polar surface area (TPSA) is 82.2 Å². The van der Waals surface area contributed by atoms with E-state index in [1.54, 1.807) is 38.9 Å². The first-order chi connectivity index (χ1) is 20.7. The molecule has 3 atom stereocenters. The standard InChI is InChI=1S/C31H34ClF4N7O/c1-15-19(32)9-21-23(16(2)40-41-21)22(15)24-20(33)8-18-26(25(24)34)37-28(44-14-30(13-42(4)5)11-31(30,35)36)38-27(18)43-10-17-6-7-29(3,12-43)39-17/h8-9,17,39H,6-7,10-14H2,1-5H3,(H,40,41)/t17-,29-,30-/m1/s1. The maximum atomic E-state index is 16.8. The molecule has 2 aliphatic heterocycles. The van der Waals surface area contributed by atoms with Crippen LogP contribution in [0.1, 0.15) is 37.4 Å². The molecule has 44 heavy (non-hydrogen) atoms. The fourth-order valence-electron chi connectivity index (χ4n) is 7.28. The van der Waals surface area contributed by atoms with Gasteiger partial charge in [-0.25, -0.2) is 17.6 Å². The molecule has 2 aromatic heterocycles. The van der Waals surface area contributed by atoms with Crippen molar-refractivity contribution in [3.8, 4) is 17.1 Å². The third-order valence-corrected chi connectivity index (χ3v) is 9.89. The normalized spacial score (nSPS) is 25.9. The molecule has 2 bridgehead atoms. The Hall–Kier alpha value is -3.22. The average molecular weight is 632 g/mol. The maximum absolute atomic E-state index is 16.8. The molecular weight excluding hydrogens is 598 g/mol. The highest BCUT2D eigenvalue weighted by atomic mass is 35.5. The quantitative estimate of drug-likeness (QED) is 0.242. The minimum Gasteiger partial charge on any atom is -0.463 e. The maximum Gasteiger partial charge on any atom is 0.319 e. The van der Waals surface area contributed by atoms with E-state index in [2.05, 4.69) is 32.4 Å². The third kappa shape index (κ3) is 4.59. The summed E-state index contributed by atoms with van der Waals surface area (Å²) in [5.74, 6) is -4.30. The van der Waals surface area contributed by atoms with Crippen molar-refractivity contribution in [1.82, 2.24) is 30.4 Å². The van der Waals surface area contributed by atoms with Crippen molar-refractivity contribution < 1.29 is 22.3 Å². The Kier molecular flexibility index (Phi) is 6.63. The highest BCUT2D eigenvalue weighted by Crippen LogP contribution is 2.60. The zero-order chi connectivity index (χ0) is 31.3. The van der Waals surface area contributed by atoms with Gasteiger partial charge < -0.3 is 19.9 Å². The van der Waals surface area contributed by atoms with Crippen LogP contribution in [0.2, 0.25) is 5.02 Å². The number of anilines is 1. The predicted octanol–water partition coefficient (Wildman–Crippen LogP) is 6.02. The van der Waals surface area contributed by atoms with Gasteiger partial charge in [0.05, 0.1) is 16.5 Å². The average Bonchev–Trinajstić information content (AvgIpc) is 3.14. The zero-order valence-electron chi connectivity index (χ0n) is 25.2. The van der Waals surface area contributed by atoms with Crippen LogP contribution < -0.4 is 15.0 Å². The molecule has 0 radical (unpaired) electrons. The van der Waals surface area contributed by atoms with Crippen LogP contribution in [0, 0.1) is 30.9 Å². The van der Waals surface area contributed by atoms with E-state index in [-0.39, 0.29) is 59.2 Å². The van der Waals surface area contributed by atoms with Crippen LogP contribution in [-0.4, -0.2) is 82.9 Å². The lowest BCUT2D eigenvalue weighted by Crippen LogP contribution is -2.58. The molecule has 234 valence electrons. The number of piperazine rings is 1. The monoisotopic (exact) mass is 631 g/mol. The summed E-state index contributed by atoms with van der Waals surface area (Å²) in [7, 11) is 3.45. The number of hydrogen-bond acceptors (Lipinski definition) is 7. The number of rotatable bonds is 7. The Balaban J connectivity index is 1.41. The Labute approximate surface area is 257 Å². The van der Waals surface area contributed by atoms with Gasteiger partial charge in [-0.2, -0.15) is 15.1 Å². The van der Waals surface area contributed by atoms with Gasteiger partial charge in [0.25, 0.3) is 5.92 Å². The molecule has 1 saturated carbocycles. The van der Waals surface area contributed by atoms with Crippen molar-refractivity contribution in [2.75, 3.05) is 45.2 Å². The molecule has 4 heterocycles. The number of benzene rings is 2. The zero-order valence-corrected chi connectivity index (χ0v) is 26.0. The number of aryl methyl sites for hydroxylation is 1. The Bertz CT molecular complexity index is 1830. The van der Waals surface area contributed by atoms with Crippen molar-refractivity contribution in [3.05, 3.63) is 40.0 Å². The number of nitrogens with zero attached hydrogens (tertiary/aromatic N) is 5. The number of halogens is 5. The lowest BCUT2D eigenvalue weighted by atomic mass is 9.93. The fourth-order valence-corrected chi connectivity index (χ4v) is 7.48. The van der Waals surface area contributed by atoms with Gasteiger partial charge >= 0.3 is 6.01 Å². The SMILES string of the molecule is Cc1c(Cl)cc2n[nH]c(C)c2c1-c1c(F)cc2c(N3C[C@H]4CC[C@](C)(C3)N4)nc(OC[C@]3(CN(C)C)CC3(F)F)nc2c1F. The van der Waals surface area contributed by atoms with Crippen molar-refractivity contribution in [2.45, 2.75) is 57.5 Å². The molecule has 0 spiro atoms. The van der Waals surface area contributed by atoms with Gasteiger partial charge in [-0.3, -0.25) is 5.10 Å². The summed E-state index contributed by atoms with van der Waals surface area (Å²) in [4.78, 5) is 12.7. The molecule has 13 heteroatoms. The Morgan fingerprint density at radius 3 is 2.59 bits per heavy atom. The van der Waals surface area contributed by atoms with Gasteiger partial charge in [0.1, 0.15) is 23.8 Å². The van der Waals surface area contributed by atoms with Gasteiger partial charge in [0.15, 0.2) is 5.82 Å². The Morgan fingerprint density at radius 1 is 1.16 bits per heavy atom. The van der Waals surface area contributed by atoms with Crippen LogP contribution in [0.5, 0.6) is 6.01 Å². The summed E-state index contributed by atoms with van der Waals surface area (Å²) in [5, 5.41) is 11.8. The summed E-state index contributed by atoms with van der Waals surface area (Å²) in [6, 6.07) is 2.85. The molecule has 0 amide bonds. The van der Waals surface area contributed by atoms with Gasteiger partial charge in [0.2, 0.25) is 0 Å². The van der Waals surface area contributed by atoms with E-state index in [9.17, 15) is 8.78 Å². The lowest BCUT2D eigenvalue weighted by Gasteiger charge is -2.40. The fraction of sp³-hybridized carbons (Fsp3) is 0.516. The van der Waals surface area contributed by atoms with Gasteiger partial charge in [-0.05, 0) is 65.4 Å². The summed E-state index contributed by atoms with van der Waals surface area (Å²) in [5.41, 5.74) is -0.197. The summed E-state index contributed by atoms with van der Waals surface area (Å²) < 4.78 is 68.0. The summed E-state index contributed by atoms with van der Waals surface area (Å²) in [6.45, 7) is 6.45. The molecule has 4 aromatic rings. The number of aromatic nitrogens is 4. The summed E-state index contributed by atoms with van der Waals surface area (Å²) in [6.07, 6.45) is 1.58. The first kappa shape index (κ1) is 29.5. The van der Waals surface area contributed by atoms with Gasteiger partial charge in [-0.15, -0.1) is 0 Å². The van der Waals surface area contributed by atoms with Crippen LogP contribution in [-0.2, 0) is 0 Å². The van der Waals surface area contributed by atoms with E-state index in [1.165, 1.54) is 6.07 Å². The van der Waals surface area contributed by atoms with Gasteiger partial charge in [-0.1, -0.05) is 11.6 Å². The molecule has 2 saturated heterocycles. The second kappa shape index (κ2) is 9.89. The molecule has 1 aliphatic carbocycles. The number of ether oxygens (including phenoxy) is 1. The van der Waals surface area contributed by atoms with Crippen LogP contribution in [0.3, 0.4) is 0 Å². The van der Waals surface area contributed by atoms with Crippen molar-refractivity contribution in [3.63, 3.8) is 0 Å². The third-order valence-electron chi connectivity index (χ3n) is 9.50. The smallest absolute Gasteiger partial charge is 0.319 e. The second-order valence-corrected chi connectivity index (χ2v) is 13.8.